The summed E-state index contributed by atoms with van der Waals surface area (Å²) < 4.78 is 30.6. The zero-order valence-corrected chi connectivity index (χ0v) is 9.56. The maximum Gasteiger partial charge on any atom is 0.338 e. The molecular weight excluding hydrogens is 248 g/mol. The molecule has 0 saturated heterocycles. The highest BCUT2D eigenvalue weighted by atomic mass is 19.1. The van der Waals surface area contributed by atoms with Gasteiger partial charge in [-0.2, -0.15) is 0 Å². The SMILES string of the molecule is CCOC(=O)C(O)C(O)c1cc(F)cc(F)c1N. The zero-order valence-electron chi connectivity index (χ0n) is 9.56. The van der Waals surface area contributed by atoms with Gasteiger partial charge < -0.3 is 20.7 Å². The number of hydrogen-bond acceptors (Lipinski definition) is 5. The molecule has 1 rings (SSSR count). The number of carbonyl (C=O) groups is 1. The van der Waals surface area contributed by atoms with Gasteiger partial charge in [-0.05, 0) is 13.0 Å². The van der Waals surface area contributed by atoms with Crippen LogP contribution in [0, 0.1) is 11.6 Å². The minimum Gasteiger partial charge on any atom is -0.464 e. The van der Waals surface area contributed by atoms with Crippen LogP contribution in [-0.2, 0) is 9.53 Å². The Labute approximate surface area is 102 Å². The number of hydrogen-bond donors (Lipinski definition) is 3. The van der Waals surface area contributed by atoms with Gasteiger partial charge in [-0.15, -0.1) is 0 Å². The first-order valence-electron chi connectivity index (χ1n) is 5.15. The van der Waals surface area contributed by atoms with E-state index in [0.29, 0.717) is 6.07 Å². The highest BCUT2D eigenvalue weighted by molar-refractivity contribution is 5.76. The molecule has 18 heavy (non-hydrogen) atoms. The molecule has 0 spiro atoms. The van der Waals surface area contributed by atoms with Crippen molar-refractivity contribution in [1.29, 1.82) is 0 Å². The lowest BCUT2D eigenvalue weighted by Gasteiger charge is -2.18. The van der Waals surface area contributed by atoms with Gasteiger partial charge in [0, 0.05) is 11.6 Å². The van der Waals surface area contributed by atoms with Gasteiger partial charge in [0.2, 0.25) is 0 Å². The third-order valence-corrected chi connectivity index (χ3v) is 2.27. The smallest absolute Gasteiger partial charge is 0.338 e. The molecule has 0 bridgehead atoms. The Bertz CT molecular complexity index is 453. The van der Waals surface area contributed by atoms with E-state index in [1.54, 1.807) is 0 Å². The molecule has 0 aliphatic heterocycles. The topological polar surface area (TPSA) is 92.8 Å². The van der Waals surface area contributed by atoms with Gasteiger partial charge >= 0.3 is 5.97 Å². The molecule has 5 nitrogen and oxygen atoms in total. The molecule has 2 atom stereocenters. The Balaban J connectivity index is 3.03. The molecule has 1 aromatic rings. The summed E-state index contributed by atoms with van der Waals surface area (Å²) in [4.78, 5) is 11.2. The fraction of sp³-hybridized carbons (Fsp3) is 0.364. The van der Waals surface area contributed by atoms with Crippen molar-refractivity contribution in [2.45, 2.75) is 19.1 Å². The molecule has 0 aliphatic rings. The van der Waals surface area contributed by atoms with Crippen LogP contribution in [0.15, 0.2) is 12.1 Å². The van der Waals surface area contributed by atoms with Gasteiger partial charge in [0.25, 0.3) is 0 Å². The summed E-state index contributed by atoms with van der Waals surface area (Å²) in [7, 11) is 0. The van der Waals surface area contributed by atoms with E-state index in [1.807, 2.05) is 0 Å². The molecule has 1 aromatic carbocycles. The third kappa shape index (κ3) is 2.93. The van der Waals surface area contributed by atoms with Gasteiger partial charge in [0.05, 0.1) is 12.3 Å². The molecule has 7 heteroatoms. The predicted octanol–water partition coefficient (Wildman–Crippen LogP) is 0.504. The van der Waals surface area contributed by atoms with Gasteiger partial charge in [0.1, 0.15) is 17.7 Å². The number of aliphatic hydroxyl groups excluding tert-OH is 2. The van der Waals surface area contributed by atoms with E-state index in [-0.39, 0.29) is 6.61 Å². The van der Waals surface area contributed by atoms with Gasteiger partial charge in [-0.25, -0.2) is 13.6 Å². The summed E-state index contributed by atoms with van der Waals surface area (Å²) in [6.45, 7) is 1.50. The largest absolute Gasteiger partial charge is 0.464 e. The molecule has 2 unspecified atom stereocenters. The maximum atomic E-state index is 13.1. The number of anilines is 1. The minimum atomic E-state index is -1.96. The van der Waals surface area contributed by atoms with E-state index in [4.69, 9.17) is 5.73 Å². The standard InChI is InChI=1S/C11H13F2NO4/c1-2-18-11(17)10(16)9(15)6-3-5(12)4-7(13)8(6)14/h3-4,9-10,15-16H,2,14H2,1H3. The molecule has 0 saturated carbocycles. The summed E-state index contributed by atoms with van der Waals surface area (Å²) in [6, 6.07) is 1.27. The number of carbonyl (C=O) groups excluding carboxylic acids is 1. The number of nitrogen functional groups attached to an aromatic ring is 1. The van der Waals surface area contributed by atoms with Crippen LogP contribution in [0.5, 0.6) is 0 Å². The average Bonchev–Trinajstić information content (AvgIpc) is 2.32. The molecule has 0 fully saturated rings. The van der Waals surface area contributed by atoms with Crippen molar-refractivity contribution >= 4 is 11.7 Å². The number of esters is 1. The monoisotopic (exact) mass is 261 g/mol. The summed E-state index contributed by atoms with van der Waals surface area (Å²) in [5.74, 6) is -3.17. The first kappa shape index (κ1) is 14.3. The Kier molecular flexibility index (Phi) is 4.57. The number of halogens is 2. The zero-order chi connectivity index (χ0) is 13.9. The number of nitrogens with two attached hydrogens (primary N) is 1. The van der Waals surface area contributed by atoms with Crippen LogP contribution in [0.3, 0.4) is 0 Å². The summed E-state index contributed by atoms with van der Waals surface area (Å²) >= 11 is 0. The molecule has 0 aromatic heterocycles. The number of rotatable bonds is 4. The quantitative estimate of drug-likeness (QED) is 0.542. The van der Waals surface area contributed by atoms with Gasteiger partial charge in [0.15, 0.2) is 6.10 Å². The van der Waals surface area contributed by atoms with Crippen LogP contribution in [-0.4, -0.2) is 28.9 Å². The van der Waals surface area contributed by atoms with E-state index in [2.05, 4.69) is 4.74 Å². The fourth-order valence-electron chi connectivity index (χ4n) is 1.38. The Morgan fingerprint density at radius 1 is 1.44 bits per heavy atom. The second-order valence-corrected chi connectivity index (χ2v) is 3.53. The lowest BCUT2D eigenvalue weighted by molar-refractivity contribution is -0.159. The first-order valence-corrected chi connectivity index (χ1v) is 5.15. The van der Waals surface area contributed by atoms with Crippen LogP contribution in [0.25, 0.3) is 0 Å². The first-order chi connectivity index (χ1) is 8.38. The predicted molar refractivity (Wildman–Crippen MR) is 58.4 cm³/mol. The Morgan fingerprint density at radius 2 is 2.06 bits per heavy atom. The van der Waals surface area contributed by atoms with E-state index in [0.717, 1.165) is 6.07 Å². The van der Waals surface area contributed by atoms with E-state index < -0.39 is 41.1 Å². The highest BCUT2D eigenvalue weighted by Crippen LogP contribution is 2.27. The molecule has 0 aliphatic carbocycles. The van der Waals surface area contributed by atoms with Crippen molar-refractivity contribution in [2.24, 2.45) is 0 Å². The van der Waals surface area contributed by atoms with E-state index in [9.17, 15) is 23.8 Å². The van der Waals surface area contributed by atoms with Crippen LogP contribution in [0.2, 0.25) is 0 Å². The normalized spacial score (nSPS) is 14.1. The van der Waals surface area contributed by atoms with Crippen LogP contribution < -0.4 is 5.73 Å². The number of aliphatic hydroxyl groups is 2. The number of ether oxygens (including phenoxy) is 1. The summed E-state index contributed by atoms with van der Waals surface area (Å²) in [6.07, 6.45) is -3.83. The van der Waals surface area contributed by atoms with Crippen LogP contribution in [0.1, 0.15) is 18.6 Å². The van der Waals surface area contributed by atoms with Gasteiger partial charge in [-0.3, -0.25) is 0 Å². The Morgan fingerprint density at radius 3 is 2.61 bits per heavy atom. The maximum absolute atomic E-state index is 13.1. The molecule has 100 valence electrons. The average molecular weight is 261 g/mol. The molecular formula is C11H13F2NO4. The van der Waals surface area contributed by atoms with E-state index in [1.165, 1.54) is 6.92 Å². The van der Waals surface area contributed by atoms with Crippen LogP contribution in [0.4, 0.5) is 14.5 Å². The van der Waals surface area contributed by atoms with Crippen LogP contribution >= 0.6 is 0 Å². The molecule has 0 radical (unpaired) electrons. The lowest BCUT2D eigenvalue weighted by atomic mass is 10.0. The van der Waals surface area contributed by atoms with Crippen molar-refractivity contribution < 1.29 is 28.5 Å². The van der Waals surface area contributed by atoms with Crippen molar-refractivity contribution in [2.75, 3.05) is 12.3 Å². The molecule has 0 amide bonds. The lowest BCUT2D eigenvalue weighted by Crippen LogP contribution is -2.30. The molecule has 0 heterocycles. The second-order valence-electron chi connectivity index (χ2n) is 3.53. The number of benzene rings is 1. The summed E-state index contributed by atoms with van der Waals surface area (Å²) in [5, 5.41) is 19.1. The van der Waals surface area contributed by atoms with Crippen molar-refractivity contribution in [3.05, 3.63) is 29.3 Å². The molecule has 4 N–H and O–H groups in total. The minimum absolute atomic E-state index is 0.00436. The summed E-state index contributed by atoms with van der Waals surface area (Å²) in [5.41, 5.74) is 4.36. The van der Waals surface area contributed by atoms with Crippen molar-refractivity contribution in [1.82, 2.24) is 0 Å². The van der Waals surface area contributed by atoms with Gasteiger partial charge in [-0.1, -0.05) is 0 Å². The Hall–Kier alpha value is -1.73. The van der Waals surface area contributed by atoms with E-state index >= 15 is 0 Å². The third-order valence-electron chi connectivity index (χ3n) is 2.27. The fourth-order valence-corrected chi connectivity index (χ4v) is 1.38. The second kappa shape index (κ2) is 5.74. The van der Waals surface area contributed by atoms with Crippen molar-refractivity contribution in [3.63, 3.8) is 0 Å². The highest BCUT2D eigenvalue weighted by Gasteiger charge is 2.29. The van der Waals surface area contributed by atoms with Crippen molar-refractivity contribution in [3.8, 4) is 0 Å².